The molecule has 1 unspecified atom stereocenters. The highest BCUT2D eigenvalue weighted by atomic mass is 16.5. The molecule has 1 fully saturated rings. The van der Waals surface area contributed by atoms with E-state index < -0.39 is 0 Å². The van der Waals surface area contributed by atoms with Gasteiger partial charge in [-0.1, -0.05) is 6.07 Å². The fourth-order valence-electron chi connectivity index (χ4n) is 2.49. The van der Waals surface area contributed by atoms with Gasteiger partial charge in [0.15, 0.2) is 0 Å². The SMILES string of the molecule is CCN(CC1CCCO1)C(=O)c1c(N)cccc1OC. The molecule has 0 saturated carbocycles. The molecule has 1 saturated heterocycles. The summed E-state index contributed by atoms with van der Waals surface area (Å²) in [5, 5.41) is 0. The predicted molar refractivity (Wildman–Crippen MR) is 78.0 cm³/mol. The number of methoxy groups -OCH3 is 1. The number of nitrogens with two attached hydrogens (primary N) is 1. The summed E-state index contributed by atoms with van der Waals surface area (Å²) in [6.07, 6.45) is 2.20. The lowest BCUT2D eigenvalue weighted by Gasteiger charge is -2.25. The number of carbonyl (C=O) groups is 1. The van der Waals surface area contributed by atoms with Gasteiger partial charge >= 0.3 is 0 Å². The van der Waals surface area contributed by atoms with E-state index in [4.69, 9.17) is 15.2 Å². The quantitative estimate of drug-likeness (QED) is 0.836. The largest absolute Gasteiger partial charge is 0.496 e. The van der Waals surface area contributed by atoms with Crippen molar-refractivity contribution >= 4 is 11.6 Å². The van der Waals surface area contributed by atoms with Crippen molar-refractivity contribution < 1.29 is 14.3 Å². The zero-order valence-corrected chi connectivity index (χ0v) is 12.1. The van der Waals surface area contributed by atoms with Gasteiger partial charge < -0.3 is 20.1 Å². The van der Waals surface area contributed by atoms with E-state index in [2.05, 4.69) is 0 Å². The van der Waals surface area contributed by atoms with Crippen molar-refractivity contribution in [2.45, 2.75) is 25.9 Å². The fourth-order valence-corrected chi connectivity index (χ4v) is 2.49. The first-order valence-electron chi connectivity index (χ1n) is 7.00. The average Bonchev–Trinajstić information content (AvgIpc) is 2.96. The first-order valence-corrected chi connectivity index (χ1v) is 7.00. The number of nitrogen functional groups attached to an aromatic ring is 1. The molecule has 0 aromatic heterocycles. The van der Waals surface area contributed by atoms with Crippen LogP contribution >= 0.6 is 0 Å². The molecule has 0 spiro atoms. The Balaban J connectivity index is 2.19. The van der Waals surface area contributed by atoms with Crippen LogP contribution in [0, 0.1) is 0 Å². The van der Waals surface area contributed by atoms with E-state index in [9.17, 15) is 4.79 Å². The van der Waals surface area contributed by atoms with E-state index >= 15 is 0 Å². The zero-order valence-electron chi connectivity index (χ0n) is 12.1. The summed E-state index contributed by atoms with van der Waals surface area (Å²) in [6, 6.07) is 5.25. The molecule has 20 heavy (non-hydrogen) atoms. The number of hydrogen-bond donors (Lipinski definition) is 1. The maximum Gasteiger partial charge on any atom is 0.259 e. The van der Waals surface area contributed by atoms with Crippen molar-refractivity contribution in [2.75, 3.05) is 32.5 Å². The van der Waals surface area contributed by atoms with E-state index in [1.165, 1.54) is 0 Å². The molecular weight excluding hydrogens is 256 g/mol. The second-order valence-corrected chi connectivity index (χ2v) is 4.90. The van der Waals surface area contributed by atoms with Crippen molar-refractivity contribution in [2.24, 2.45) is 0 Å². The first kappa shape index (κ1) is 14.7. The first-order chi connectivity index (χ1) is 9.67. The van der Waals surface area contributed by atoms with Gasteiger partial charge in [0, 0.05) is 25.4 Å². The van der Waals surface area contributed by atoms with Gasteiger partial charge in [-0.05, 0) is 31.9 Å². The van der Waals surface area contributed by atoms with Gasteiger partial charge in [0.25, 0.3) is 5.91 Å². The molecule has 1 aliphatic heterocycles. The molecule has 2 rings (SSSR count). The van der Waals surface area contributed by atoms with E-state index in [0.29, 0.717) is 30.1 Å². The summed E-state index contributed by atoms with van der Waals surface area (Å²) in [5.41, 5.74) is 6.82. The Morgan fingerprint density at radius 3 is 2.95 bits per heavy atom. The lowest BCUT2D eigenvalue weighted by Crippen LogP contribution is -2.37. The maximum absolute atomic E-state index is 12.7. The fraction of sp³-hybridized carbons (Fsp3) is 0.533. The Kier molecular flexibility index (Phi) is 4.84. The summed E-state index contributed by atoms with van der Waals surface area (Å²) >= 11 is 0. The standard InChI is InChI=1S/C15H22N2O3/c1-3-17(10-11-6-5-9-20-11)15(18)14-12(16)7-4-8-13(14)19-2/h4,7-8,11H,3,5-6,9-10,16H2,1-2H3. The van der Waals surface area contributed by atoms with E-state index in [0.717, 1.165) is 19.4 Å². The Bertz CT molecular complexity index is 470. The Hall–Kier alpha value is -1.75. The zero-order chi connectivity index (χ0) is 14.5. The smallest absolute Gasteiger partial charge is 0.259 e. The molecule has 2 N–H and O–H groups in total. The van der Waals surface area contributed by atoms with Gasteiger partial charge in [-0.25, -0.2) is 0 Å². The highest BCUT2D eigenvalue weighted by Gasteiger charge is 2.25. The van der Waals surface area contributed by atoms with Crippen LogP contribution in [0.5, 0.6) is 5.75 Å². The number of nitrogens with zero attached hydrogens (tertiary/aromatic N) is 1. The summed E-state index contributed by atoms with van der Waals surface area (Å²) in [7, 11) is 1.54. The van der Waals surface area contributed by atoms with Crippen molar-refractivity contribution in [1.82, 2.24) is 4.90 Å². The third-order valence-corrected chi connectivity index (χ3v) is 3.61. The van der Waals surface area contributed by atoms with Crippen LogP contribution in [-0.2, 0) is 4.74 Å². The van der Waals surface area contributed by atoms with Crippen LogP contribution < -0.4 is 10.5 Å². The van der Waals surface area contributed by atoms with Crippen LogP contribution in [0.2, 0.25) is 0 Å². The number of carbonyl (C=O) groups excluding carboxylic acids is 1. The highest BCUT2D eigenvalue weighted by molar-refractivity contribution is 6.01. The van der Waals surface area contributed by atoms with E-state index in [-0.39, 0.29) is 12.0 Å². The van der Waals surface area contributed by atoms with Crippen molar-refractivity contribution in [3.8, 4) is 5.75 Å². The molecule has 0 radical (unpaired) electrons. The molecule has 1 aromatic carbocycles. The topological polar surface area (TPSA) is 64.8 Å². The molecule has 5 heteroatoms. The lowest BCUT2D eigenvalue weighted by molar-refractivity contribution is 0.0537. The summed E-state index contributed by atoms with van der Waals surface area (Å²) in [5.74, 6) is 0.416. The second kappa shape index (κ2) is 6.61. The maximum atomic E-state index is 12.7. The molecule has 1 atom stereocenters. The molecule has 1 amide bonds. The van der Waals surface area contributed by atoms with Crippen molar-refractivity contribution in [3.05, 3.63) is 23.8 Å². The average molecular weight is 278 g/mol. The minimum absolute atomic E-state index is 0.0991. The van der Waals surface area contributed by atoms with Gasteiger partial charge in [0.05, 0.1) is 13.2 Å². The molecule has 1 aromatic rings. The number of amides is 1. The Labute approximate surface area is 119 Å². The summed E-state index contributed by atoms with van der Waals surface area (Å²) in [6.45, 7) is 3.97. The van der Waals surface area contributed by atoms with E-state index in [1.54, 1.807) is 30.2 Å². The molecule has 1 aliphatic rings. The molecule has 1 heterocycles. The van der Waals surface area contributed by atoms with Gasteiger partial charge in [-0.2, -0.15) is 0 Å². The number of anilines is 1. The third kappa shape index (κ3) is 3.04. The number of rotatable bonds is 5. The highest BCUT2D eigenvalue weighted by Crippen LogP contribution is 2.26. The van der Waals surface area contributed by atoms with Gasteiger partial charge in [0.1, 0.15) is 11.3 Å². The van der Waals surface area contributed by atoms with Crippen LogP contribution in [0.3, 0.4) is 0 Å². The molecule has 0 bridgehead atoms. The predicted octanol–water partition coefficient (Wildman–Crippen LogP) is 1.92. The van der Waals surface area contributed by atoms with Gasteiger partial charge in [0.2, 0.25) is 0 Å². The summed E-state index contributed by atoms with van der Waals surface area (Å²) < 4.78 is 10.9. The summed E-state index contributed by atoms with van der Waals surface area (Å²) in [4.78, 5) is 14.4. The van der Waals surface area contributed by atoms with Gasteiger partial charge in [-0.3, -0.25) is 4.79 Å². The third-order valence-electron chi connectivity index (χ3n) is 3.61. The molecular formula is C15H22N2O3. The van der Waals surface area contributed by atoms with Crippen LogP contribution in [0.1, 0.15) is 30.1 Å². The molecule has 0 aliphatic carbocycles. The Morgan fingerprint density at radius 2 is 2.35 bits per heavy atom. The van der Waals surface area contributed by atoms with Crippen LogP contribution in [-0.4, -0.2) is 43.7 Å². The van der Waals surface area contributed by atoms with Crippen LogP contribution in [0.15, 0.2) is 18.2 Å². The normalized spacial score (nSPS) is 18.0. The molecule has 110 valence electrons. The Morgan fingerprint density at radius 1 is 1.55 bits per heavy atom. The minimum Gasteiger partial charge on any atom is -0.496 e. The van der Waals surface area contributed by atoms with Crippen molar-refractivity contribution in [1.29, 1.82) is 0 Å². The molecule has 5 nitrogen and oxygen atoms in total. The number of hydrogen-bond acceptors (Lipinski definition) is 4. The van der Waals surface area contributed by atoms with Gasteiger partial charge in [-0.15, -0.1) is 0 Å². The second-order valence-electron chi connectivity index (χ2n) is 4.90. The van der Waals surface area contributed by atoms with Crippen LogP contribution in [0.25, 0.3) is 0 Å². The van der Waals surface area contributed by atoms with Crippen LogP contribution in [0.4, 0.5) is 5.69 Å². The minimum atomic E-state index is -0.0991. The van der Waals surface area contributed by atoms with Crippen molar-refractivity contribution in [3.63, 3.8) is 0 Å². The van der Waals surface area contributed by atoms with E-state index in [1.807, 2.05) is 6.92 Å². The monoisotopic (exact) mass is 278 g/mol. The lowest BCUT2D eigenvalue weighted by atomic mass is 10.1. The number of ether oxygens (including phenoxy) is 2. The number of benzene rings is 1. The number of likely N-dealkylation sites (N-methyl/N-ethyl adjacent to an activating group) is 1.